The van der Waals surface area contributed by atoms with E-state index < -0.39 is 5.97 Å². The first kappa shape index (κ1) is 15.1. The number of carbonyl (C=O) groups is 1. The SMILES string of the molecule is COc1ccc2c(=O)cc(C(=O)O)n(CC(C)(C)C)c2c1. The Morgan fingerprint density at radius 3 is 2.48 bits per heavy atom. The Morgan fingerprint density at radius 1 is 1.29 bits per heavy atom. The number of ether oxygens (including phenoxy) is 1. The highest BCUT2D eigenvalue weighted by Gasteiger charge is 2.20. The van der Waals surface area contributed by atoms with Crippen molar-refractivity contribution in [2.45, 2.75) is 27.3 Å². The van der Waals surface area contributed by atoms with E-state index in [-0.39, 0.29) is 16.5 Å². The molecular weight excluding hydrogens is 270 g/mol. The van der Waals surface area contributed by atoms with Crippen LogP contribution >= 0.6 is 0 Å². The van der Waals surface area contributed by atoms with E-state index in [2.05, 4.69) is 0 Å². The number of rotatable bonds is 3. The molecule has 1 heterocycles. The molecule has 0 unspecified atom stereocenters. The van der Waals surface area contributed by atoms with Crippen LogP contribution in [0.25, 0.3) is 10.9 Å². The molecule has 5 heteroatoms. The number of benzene rings is 1. The predicted octanol–water partition coefficient (Wildman–Crippen LogP) is 2.75. The number of hydrogen-bond donors (Lipinski definition) is 1. The monoisotopic (exact) mass is 289 g/mol. The summed E-state index contributed by atoms with van der Waals surface area (Å²) in [6, 6.07) is 6.25. The van der Waals surface area contributed by atoms with Crippen LogP contribution in [-0.4, -0.2) is 22.8 Å². The largest absolute Gasteiger partial charge is 0.497 e. The first-order chi connectivity index (χ1) is 9.73. The van der Waals surface area contributed by atoms with E-state index in [1.54, 1.807) is 22.8 Å². The molecule has 5 nitrogen and oxygen atoms in total. The Kier molecular flexibility index (Phi) is 3.77. The van der Waals surface area contributed by atoms with Crippen molar-refractivity contribution in [1.82, 2.24) is 4.57 Å². The van der Waals surface area contributed by atoms with E-state index >= 15 is 0 Å². The average molecular weight is 289 g/mol. The Labute approximate surface area is 122 Å². The van der Waals surface area contributed by atoms with Gasteiger partial charge in [-0.3, -0.25) is 4.79 Å². The minimum absolute atomic E-state index is 0.00400. The molecule has 0 radical (unpaired) electrons. The molecular formula is C16H19NO4. The number of hydrogen-bond acceptors (Lipinski definition) is 3. The second-order valence-electron chi connectivity index (χ2n) is 6.23. The van der Waals surface area contributed by atoms with Crippen molar-refractivity contribution in [3.63, 3.8) is 0 Å². The Morgan fingerprint density at radius 2 is 1.95 bits per heavy atom. The van der Waals surface area contributed by atoms with Gasteiger partial charge in [-0.15, -0.1) is 0 Å². The molecule has 2 rings (SSSR count). The van der Waals surface area contributed by atoms with E-state index in [0.29, 0.717) is 23.2 Å². The molecule has 0 bridgehead atoms. The van der Waals surface area contributed by atoms with Gasteiger partial charge in [0.1, 0.15) is 11.4 Å². The van der Waals surface area contributed by atoms with Gasteiger partial charge in [-0.2, -0.15) is 0 Å². The van der Waals surface area contributed by atoms with Crippen molar-refractivity contribution < 1.29 is 14.6 Å². The summed E-state index contributed by atoms with van der Waals surface area (Å²) in [4.78, 5) is 23.6. The first-order valence-electron chi connectivity index (χ1n) is 6.68. The molecule has 1 N–H and O–H groups in total. The molecule has 1 aromatic heterocycles. The molecule has 0 aliphatic rings. The second-order valence-corrected chi connectivity index (χ2v) is 6.23. The van der Waals surface area contributed by atoms with Crippen molar-refractivity contribution >= 4 is 16.9 Å². The van der Waals surface area contributed by atoms with Crippen LogP contribution in [0.5, 0.6) is 5.75 Å². The van der Waals surface area contributed by atoms with E-state index in [1.807, 2.05) is 20.8 Å². The Hall–Kier alpha value is -2.30. The van der Waals surface area contributed by atoms with Crippen molar-refractivity contribution in [3.05, 3.63) is 40.2 Å². The summed E-state index contributed by atoms with van der Waals surface area (Å²) in [6.07, 6.45) is 0. The number of methoxy groups -OCH3 is 1. The number of fused-ring (bicyclic) bond motifs is 1. The van der Waals surface area contributed by atoms with Gasteiger partial charge >= 0.3 is 5.97 Å². The number of carboxylic acids is 1. The molecule has 0 saturated carbocycles. The third kappa shape index (κ3) is 3.07. The molecule has 112 valence electrons. The van der Waals surface area contributed by atoms with Gasteiger partial charge in [0, 0.05) is 24.1 Å². The molecule has 0 amide bonds. The zero-order chi connectivity index (χ0) is 15.8. The zero-order valence-electron chi connectivity index (χ0n) is 12.6. The summed E-state index contributed by atoms with van der Waals surface area (Å²) in [5.74, 6) is -0.520. The Bertz CT molecular complexity index is 753. The van der Waals surface area contributed by atoms with Crippen LogP contribution in [-0.2, 0) is 6.54 Å². The van der Waals surface area contributed by atoms with Gasteiger partial charge in [0.2, 0.25) is 0 Å². The molecule has 21 heavy (non-hydrogen) atoms. The zero-order valence-corrected chi connectivity index (χ0v) is 12.6. The number of pyridine rings is 1. The van der Waals surface area contributed by atoms with E-state index in [0.717, 1.165) is 0 Å². The fourth-order valence-electron chi connectivity index (χ4n) is 2.30. The maximum absolute atomic E-state index is 12.1. The highest BCUT2D eigenvalue weighted by Crippen LogP contribution is 2.24. The van der Waals surface area contributed by atoms with Crippen LogP contribution in [0, 0.1) is 5.41 Å². The molecule has 0 aliphatic heterocycles. The third-order valence-corrected chi connectivity index (χ3v) is 3.17. The number of carboxylic acid groups (broad SMARTS) is 1. The summed E-state index contributed by atoms with van der Waals surface area (Å²) < 4.78 is 6.85. The van der Waals surface area contributed by atoms with Crippen molar-refractivity contribution in [3.8, 4) is 5.75 Å². The Balaban J connectivity index is 2.86. The molecule has 1 aromatic carbocycles. The van der Waals surface area contributed by atoms with Crippen LogP contribution in [0.15, 0.2) is 29.1 Å². The lowest BCUT2D eigenvalue weighted by molar-refractivity contribution is 0.0682. The highest BCUT2D eigenvalue weighted by molar-refractivity contribution is 5.91. The quantitative estimate of drug-likeness (QED) is 0.943. The smallest absolute Gasteiger partial charge is 0.352 e. The summed E-state index contributed by atoms with van der Waals surface area (Å²) in [7, 11) is 1.54. The van der Waals surface area contributed by atoms with Crippen LogP contribution in [0.4, 0.5) is 0 Å². The van der Waals surface area contributed by atoms with Gasteiger partial charge in [0.15, 0.2) is 5.43 Å². The summed E-state index contributed by atoms with van der Waals surface area (Å²) in [5.41, 5.74) is 0.148. The van der Waals surface area contributed by atoms with Crippen LogP contribution in [0.3, 0.4) is 0 Å². The minimum Gasteiger partial charge on any atom is -0.497 e. The fraction of sp³-hybridized carbons (Fsp3) is 0.375. The molecule has 2 aromatic rings. The lowest BCUT2D eigenvalue weighted by atomic mass is 9.96. The van der Waals surface area contributed by atoms with Gasteiger partial charge in [-0.1, -0.05) is 20.8 Å². The second kappa shape index (κ2) is 5.24. The average Bonchev–Trinajstić information content (AvgIpc) is 2.39. The molecule has 0 saturated heterocycles. The van der Waals surface area contributed by atoms with Gasteiger partial charge in [0.05, 0.1) is 12.6 Å². The van der Waals surface area contributed by atoms with Gasteiger partial charge in [0.25, 0.3) is 0 Å². The van der Waals surface area contributed by atoms with Crippen LogP contribution < -0.4 is 10.2 Å². The van der Waals surface area contributed by atoms with Gasteiger partial charge in [-0.25, -0.2) is 4.79 Å². The first-order valence-corrected chi connectivity index (χ1v) is 6.68. The summed E-state index contributed by atoms with van der Waals surface area (Å²) in [6.45, 7) is 6.53. The van der Waals surface area contributed by atoms with Crippen molar-refractivity contribution in [1.29, 1.82) is 0 Å². The van der Waals surface area contributed by atoms with Gasteiger partial charge in [-0.05, 0) is 17.5 Å². The maximum Gasteiger partial charge on any atom is 0.352 e. The normalized spacial score (nSPS) is 11.6. The molecule has 0 aliphatic carbocycles. The third-order valence-electron chi connectivity index (χ3n) is 3.17. The predicted molar refractivity (Wildman–Crippen MR) is 81.2 cm³/mol. The van der Waals surface area contributed by atoms with Crippen LogP contribution in [0.1, 0.15) is 31.3 Å². The summed E-state index contributed by atoms with van der Waals surface area (Å²) in [5, 5.41) is 9.87. The van der Waals surface area contributed by atoms with E-state index in [1.165, 1.54) is 13.2 Å². The number of nitrogens with zero attached hydrogens (tertiary/aromatic N) is 1. The maximum atomic E-state index is 12.1. The van der Waals surface area contributed by atoms with Gasteiger partial charge < -0.3 is 14.4 Å². The van der Waals surface area contributed by atoms with E-state index in [9.17, 15) is 14.7 Å². The summed E-state index contributed by atoms with van der Waals surface area (Å²) >= 11 is 0. The number of aromatic carboxylic acids is 1. The molecule has 0 spiro atoms. The topological polar surface area (TPSA) is 68.5 Å². The van der Waals surface area contributed by atoms with E-state index in [4.69, 9.17) is 4.74 Å². The minimum atomic E-state index is -1.11. The fourth-order valence-corrected chi connectivity index (χ4v) is 2.30. The number of aromatic nitrogens is 1. The van der Waals surface area contributed by atoms with Crippen molar-refractivity contribution in [2.24, 2.45) is 5.41 Å². The molecule has 0 fully saturated rings. The highest BCUT2D eigenvalue weighted by atomic mass is 16.5. The standard InChI is InChI=1S/C16H19NO4/c1-16(2,3)9-17-12-7-10(21-4)5-6-11(12)14(18)8-13(17)15(19)20/h5-8H,9H2,1-4H3,(H,19,20). The van der Waals surface area contributed by atoms with Crippen molar-refractivity contribution in [2.75, 3.05) is 7.11 Å². The molecule has 0 atom stereocenters. The lowest BCUT2D eigenvalue weighted by Crippen LogP contribution is -2.24. The lowest BCUT2D eigenvalue weighted by Gasteiger charge is -2.24. The van der Waals surface area contributed by atoms with Crippen LogP contribution in [0.2, 0.25) is 0 Å².